The van der Waals surface area contributed by atoms with Gasteiger partial charge in [-0.3, -0.25) is 9.36 Å². The van der Waals surface area contributed by atoms with Crippen LogP contribution in [0.3, 0.4) is 0 Å². The maximum atomic E-state index is 13.5. The SMILES string of the molecule is C[C@H](Nc1ncnc(N)c1C#N)c1nc2cccc(Cl)c2c(=O)n1CCCCNC(=O)OC(C)(C)C. The fourth-order valence-corrected chi connectivity index (χ4v) is 3.83. The van der Waals surface area contributed by atoms with Crippen LogP contribution in [0, 0.1) is 11.3 Å². The van der Waals surface area contributed by atoms with Crippen LogP contribution in [0.15, 0.2) is 29.3 Å². The van der Waals surface area contributed by atoms with E-state index in [2.05, 4.69) is 20.6 Å². The summed E-state index contributed by atoms with van der Waals surface area (Å²) >= 11 is 6.33. The van der Waals surface area contributed by atoms with Gasteiger partial charge in [0.15, 0.2) is 0 Å². The van der Waals surface area contributed by atoms with Crippen LogP contribution >= 0.6 is 11.6 Å². The number of hydrogen-bond donors (Lipinski definition) is 3. The molecule has 36 heavy (non-hydrogen) atoms. The van der Waals surface area contributed by atoms with Crippen LogP contribution in [0.25, 0.3) is 10.9 Å². The van der Waals surface area contributed by atoms with Gasteiger partial charge in [0.25, 0.3) is 5.56 Å². The van der Waals surface area contributed by atoms with Gasteiger partial charge >= 0.3 is 6.09 Å². The highest BCUT2D eigenvalue weighted by Crippen LogP contribution is 2.24. The van der Waals surface area contributed by atoms with Gasteiger partial charge < -0.3 is 21.1 Å². The van der Waals surface area contributed by atoms with E-state index in [-0.39, 0.29) is 22.8 Å². The second-order valence-electron chi connectivity index (χ2n) is 9.16. The lowest BCUT2D eigenvalue weighted by Gasteiger charge is -2.21. The number of benzene rings is 1. The molecule has 12 heteroatoms. The Morgan fingerprint density at radius 2 is 2.06 bits per heavy atom. The summed E-state index contributed by atoms with van der Waals surface area (Å²) in [4.78, 5) is 38.0. The normalized spacial score (nSPS) is 12.1. The summed E-state index contributed by atoms with van der Waals surface area (Å²) in [7, 11) is 0. The number of rotatable bonds is 8. The molecule has 3 rings (SSSR count). The summed E-state index contributed by atoms with van der Waals surface area (Å²) in [6.45, 7) is 7.91. The quantitative estimate of drug-likeness (QED) is 0.381. The maximum Gasteiger partial charge on any atom is 0.407 e. The molecule has 0 aliphatic rings. The number of unbranched alkanes of at least 4 members (excludes halogenated alkanes) is 1. The van der Waals surface area contributed by atoms with E-state index in [0.29, 0.717) is 47.7 Å². The smallest absolute Gasteiger partial charge is 0.407 e. The molecular formula is C24H29ClN8O3. The zero-order valence-corrected chi connectivity index (χ0v) is 21.4. The van der Waals surface area contributed by atoms with E-state index in [0.717, 1.165) is 0 Å². The summed E-state index contributed by atoms with van der Waals surface area (Å²) in [5, 5.41) is 15.9. The first-order chi connectivity index (χ1) is 17.0. The lowest BCUT2D eigenvalue weighted by Crippen LogP contribution is -2.33. The first-order valence-electron chi connectivity index (χ1n) is 11.4. The number of anilines is 2. The van der Waals surface area contributed by atoms with E-state index in [9.17, 15) is 14.9 Å². The monoisotopic (exact) mass is 512 g/mol. The number of nitriles is 1. The number of carbonyl (C=O) groups excluding carboxylic acids is 1. The van der Waals surface area contributed by atoms with Crippen LogP contribution < -0.4 is 21.9 Å². The minimum atomic E-state index is -0.578. The van der Waals surface area contributed by atoms with E-state index in [1.807, 2.05) is 6.07 Å². The highest BCUT2D eigenvalue weighted by molar-refractivity contribution is 6.35. The molecule has 2 heterocycles. The van der Waals surface area contributed by atoms with Gasteiger partial charge in [-0.1, -0.05) is 17.7 Å². The predicted molar refractivity (Wildman–Crippen MR) is 138 cm³/mol. The van der Waals surface area contributed by atoms with E-state index in [4.69, 9.17) is 27.1 Å². The fraction of sp³-hybridized carbons (Fsp3) is 0.417. The first kappa shape index (κ1) is 26.7. The number of halogens is 1. The van der Waals surface area contributed by atoms with Gasteiger partial charge in [-0.25, -0.2) is 19.7 Å². The van der Waals surface area contributed by atoms with E-state index in [1.54, 1.807) is 50.5 Å². The highest BCUT2D eigenvalue weighted by atomic mass is 35.5. The minimum Gasteiger partial charge on any atom is -0.444 e. The molecule has 0 radical (unpaired) electrons. The van der Waals surface area contributed by atoms with Gasteiger partial charge in [0.2, 0.25) is 0 Å². The van der Waals surface area contributed by atoms with E-state index in [1.165, 1.54) is 6.33 Å². The number of nitrogens with zero attached hydrogens (tertiary/aromatic N) is 5. The van der Waals surface area contributed by atoms with Gasteiger partial charge in [-0.2, -0.15) is 5.26 Å². The van der Waals surface area contributed by atoms with Crippen molar-refractivity contribution < 1.29 is 9.53 Å². The van der Waals surface area contributed by atoms with Crippen molar-refractivity contribution in [2.45, 2.75) is 58.7 Å². The number of amides is 1. The van der Waals surface area contributed by atoms with Gasteiger partial charge in [-0.05, 0) is 52.7 Å². The number of hydrogen-bond acceptors (Lipinski definition) is 9. The molecule has 11 nitrogen and oxygen atoms in total. The number of aromatic nitrogens is 4. The summed E-state index contributed by atoms with van der Waals surface area (Å²) in [5.41, 5.74) is 5.51. The Morgan fingerprint density at radius 3 is 2.75 bits per heavy atom. The van der Waals surface area contributed by atoms with Crippen molar-refractivity contribution in [3.63, 3.8) is 0 Å². The first-order valence-corrected chi connectivity index (χ1v) is 11.8. The third kappa shape index (κ3) is 6.40. The largest absolute Gasteiger partial charge is 0.444 e. The lowest BCUT2D eigenvalue weighted by atomic mass is 10.2. The van der Waals surface area contributed by atoms with Crippen LogP contribution in [-0.4, -0.2) is 37.8 Å². The van der Waals surface area contributed by atoms with Crippen molar-refractivity contribution in [3.8, 4) is 6.07 Å². The average Bonchev–Trinajstić information content (AvgIpc) is 2.78. The van der Waals surface area contributed by atoms with Crippen LogP contribution in [0.1, 0.15) is 58.0 Å². The van der Waals surface area contributed by atoms with Gasteiger partial charge in [0, 0.05) is 13.1 Å². The number of alkyl carbamates (subject to hydrolysis) is 1. The van der Waals surface area contributed by atoms with Crippen molar-refractivity contribution in [2.75, 3.05) is 17.6 Å². The molecule has 0 aliphatic carbocycles. The zero-order chi connectivity index (χ0) is 26.5. The fourth-order valence-electron chi connectivity index (χ4n) is 3.58. The third-order valence-corrected chi connectivity index (χ3v) is 5.48. The topological polar surface area (TPSA) is 161 Å². The van der Waals surface area contributed by atoms with E-state index < -0.39 is 17.7 Å². The Balaban J connectivity index is 1.85. The number of nitrogen functional groups attached to an aromatic ring is 1. The Bertz CT molecular complexity index is 1360. The Morgan fingerprint density at radius 1 is 1.31 bits per heavy atom. The Kier molecular flexibility index (Phi) is 8.32. The van der Waals surface area contributed by atoms with Crippen molar-refractivity contribution in [1.29, 1.82) is 5.26 Å². The number of carbonyl (C=O) groups is 1. The zero-order valence-electron chi connectivity index (χ0n) is 20.6. The predicted octanol–water partition coefficient (Wildman–Crippen LogP) is 3.77. The van der Waals surface area contributed by atoms with Gasteiger partial charge in [0.1, 0.15) is 41.0 Å². The molecule has 0 aliphatic heterocycles. The van der Waals surface area contributed by atoms with Gasteiger partial charge in [0.05, 0.1) is 22.0 Å². The van der Waals surface area contributed by atoms with Crippen molar-refractivity contribution in [1.82, 2.24) is 24.8 Å². The molecule has 0 saturated heterocycles. The number of nitrogens with one attached hydrogen (secondary N) is 2. The number of nitrogens with two attached hydrogens (primary N) is 1. The molecular weight excluding hydrogens is 484 g/mol. The molecule has 2 aromatic heterocycles. The van der Waals surface area contributed by atoms with Gasteiger partial charge in [-0.15, -0.1) is 0 Å². The standard InChI is InChI=1S/C24H29ClN8O3/c1-14(31-20-15(12-26)19(27)29-13-30-20)21-32-17-9-7-8-16(25)18(17)22(34)33(21)11-6-5-10-28-23(35)36-24(2,3)4/h7-9,13-14H,5-6,10-11H2,1-4H3,(H,28,35)(H3,27,29,30,31)/t14-/m0/s1. The molecule has 4 N–H and O–H groups in total. The molecule has 0 unspecified atom stereocenters. The molecule has 0 spiro atoms. The van der Waals surface area contributed by atoms with Crippen molar-refractivity contribution in [2.24, 2.45) is 0 Å². The summed E-state index contributed by atoms with van der Waals surface area (Å²) in [5.74, 6) is 0.734. The molecule has 1 atom stereocenters. The Hall–Kier alpha value is -3.91. The molecule has 0 bridgehead atoms. The average molecular weight is 513 g/mol. The molecule has 0 saturated carbocycles. The second-order valence-corrected chi connectivity index (χ2v) is 9.56. The molecule has 1 amide bonds. The van der Waals surface area contributed by atoms with E-state index >= 15 is 0 Å². The van der Waals surface area contributed by atoms with Crippen LogP contribution in [-0.2, 0) is 11.3 Å². The molecule has 0 fully saturated rings. The molecule has 1 aromatic carbocycles. The van der Waals surface area contributed by atoms with Crippen molar-refractivity contribution in [3.05, 3.63) is 51.3 Å². The summed E-state index contributed by atoms with van der Waals surface area (Å²) in [6.07, 6.45) is 1.95. The van der Waals surface area contributed by atoms with Crippen molar-refractivity contribution >= 4 is 40.2 Å². The van der Waals surface area contributed by atoms with Crippen LogP contribution in [0.5, 0.6) is 0 Å². The van der Waals surface area contributed by atoms with Crippen LogP contribution in [0.4, 0.5) is 16.4 Å². The molecule has 3 aromatic rings. The lowest BCUT2D eigenvalue weighted by molar-refractivity contribution is 0.0527. The second kappa shape index (κ2) is 11.2. The summed E-state index contributed by atoms with van der Waals surface area (Å²) in [6, 6.07) is 6.57. The maximum absolute atomic E-state index is 13.5. The minimum absolute atomic E-state index is 0.0512. The Labute approximate surface area is 213 Å². The summed E-state index contributed by atoms with van der Waals surface area (Å²) < 4.78 is 6.79. The highest BCUT2D eigenvalue weighted by Gasteiger charge is 2.20. The van der Waals surface area contributed by atoms with Crippen LogP contribution in [0.2, 0.25) is 5.02 Å². The number of fused-ring (bicyclic) bond motifs is 1. The molecule has 190 valence electrons. The number of ether oxygens (including phenoxy) is 1. The third-order valence-electron chi connectivity index (χ3n) is 5.17.